The Balaban J connectivity index is 1.11. The zero-order chi connectivity index (χ0) is 27.5. The first-order valence-electron chi connectivity index (χ1n) is 13.5. The first-order valence-corrected chi connectivity index (χ1v) is 15.0. The van der Waals surface area contributed by atoms with E-state index in [1.54, 1.807) is 13.2 Å². The zero-order valence-corrected chi connectivity index (χ0v) is 24.1. The number of hydrogen-bond acceptors (Lipinski definition) is 8. The summed E-state index contributed by atoms with van der Waals surface area (Å²) >= 11 is 14.6. The molecule has 2 aromatic heterocycles. The van der Waals surface area contributed by atoms with Crippen molar-refractivity contribution >= 4 is 55.9 Å². The molecule has 4 aromatic rings. The molecule has 2 saturated heterocycles. The molecule has 2 aliphatic heterocycles. The number of halogens is 2. The first kappa shape index (κ1) is 26.1. The number of hydrogen-bond donors (Lipinski definition) is 1. The van der Waals surface area contributed by atoms with Crippen LogP contribution in [0, 0.1) is 0 Å². The van der Waals surface area contributed by atoms with Crippen LogP contribution in [0.25, 0.3) is 21.5 Å². The Kier molecular flexibility index (Phi) is 6.65. The number of piperidine rings is 1. The van der Waals surface area contributed by atoms with Crippen LogP contribution in [-0.4, -0.2) is 46.5 Å². The quantitative estimate of drug-likeness (QED) is 0.221. The van der Waals surface area contributed by atoms with Gasteiger partial charge in [0, 0.05) is 29.1 Å². The molecule has 1 N–H and O–H groups in total. The van der Waals surface area contributed by atoms with E-state index in [-0.39, 0.29) is 11.7 Å². The molecule has 1 saturated carbocycles. The number of methoxy groups -OCH3 is 1. The van der Waals surface area contributed by atoms with Gasteiger partial charge in [0.05, 0.1) is 40.1 Å². The van der Waals surface area contributed by atoms with Crippen LogP contribution >= 0.6 is 34.5 Å². The number of carboxylic acids is 1. The van der Waals surface area contributed by atoms with E-state index < -0.39 is 5.97 Å². The average molecular weight is 601 g/mol. The molecule has 0 radical (unpaired) electrons. The summed E-state index contributed by atoms with van der Waals surface area (Å²) in [5.41, 5.74) is 3.21. The molecule has 8 nitrogen and oxygen atoms in total. The van der Waals surface area contributed by atoms with E-state index in [0.29, 0.717) is 57.2 Å². The lowest BCUT2D eigenvalue weighted by Gasteiger charge is -2.38. The van der Waals surface area contributed by atoms with Gasteiger partial charge in [-0.25, -0.2) is 9.78 Å². The maximum Gasteiger partial charge on any atom is 0.335 e. The minimum atomic E-state index is -0.981. The SMILES string of the molecule is COc1cc(C(=O)O)cc2sc(N3[C@H]4CC[C@H]3CC(OCc3c(-c5c(Cl)cccc5Cl)noc3C3CC3)C4)nc12. The van der Waals surface area contributed by atoms with Crippen molar-refractivity contribution < 1.29 is 23.9 Å². The van der Waals surface area contributed by atoms with Gasteiger partial charge in [0.15, 0.2) is 5.13 Å². The summed E-state index contributed by atoms with van der Waals surface area (Å²) < 4.78 is 18.7. The van der Waals surface area contributed by atoms with Gasteiger partial charge in [-0.05, 0) is 62.8 Å². The molecule has 40 heavy (non-hydrogen) atoms. The number of anilines is 1. The fourth-order valence-corrected chi connectivity index (χ4v) is 7.94. The summed E-state index contributed by atoms with van der Waals surface area (Å²) in [4.78, 5) is 18.9. The van der Waals surface area contributed by atoms with Gasteiger partial charge in [-0.15, -0.1) is 0 Å². The molecule has 3 fully saturated rings. The number of fused-ring (bicyclic) bond motifs is 3. The smallest absolute Gasteiger partial charge is 0.335 e. The van der Waals surface area contributed by atoms with Crippen molar-refractivity contribution in [2.24, 2.45) is 0 Å². The Morgan fingerprint density at radius 3 is 2.52 bits per heavy atom. The molecule has 2 aromatic carbocycles. The second kappa shape index (κ2) is 10.2. The number of aromatic nitrogens is 2. The van der Waals surface area contributed by atoms with Gasteiger partial charge >= 0.3 is 5.97 Å². The first-order chi connectivity index (χ1) is 19.4. The van der Waals surface area contributed by atoms with Crippen LogP contribution in [0.1, 0.15) is 66.1 Å². The maximum absolute atomic E-state index is 11.6. The Hall–Kier alpha value is -2.85. The van der Waals surface area contributed by atoms with Crippen LogP contribution in [0.15, 0.2) is 34.9 Å². The van der Waals surface area contributed by atoms with Gasteiger partial charge in [-0.3, -0.25) is 0 Å². The Bertz CT molecular complexity index is 1580. The number of carboxylic acid groups (broad SMARTS) is 1. The van der Waals surface area contributed by atoms with Crippen LogP contribution in [0.3, 0.4) is 0 Å². The Morgan fingerprint density at radius 1 is 1.15 bits per heavy atom. The monoisotopic (exact) mass is 599 g/mol. The number of carbonyl (C=O) groups is 1. The van der Waals surface area contributed by atoms with Crippen molar-refractivity contribution in [1.82, 2.24) is 10.1 Å². The zero-order valence-electron chi connectivity index (χ0n) is 21.7. The molecule has 0 spiro atoms. The highest BCUT2D eigenvalue weighted by molar-refractivity contribution is 7.22. The average Bonchev–Trinajstić information content (AvgIpc) is 3.46. The van der Waals surface area contributed by atoms with E-state index in [2.05, 4.69) is 10.1 Å². The highest BCUT2D eigenvalue weighted by Crippen LogP contribution is 2.47. The van der Waals surface area contributed by atoms with Gasteiger partial charge in [0.1, 0.15) is 22.7 Å². The molecule has 208 valence electrons. The predicted molar refractivity (Wildman–Crippen MR) is 154 cm³/mol. The molecule has 4 heterocycles. The van der Waals surface area contributed by atoms with Crippen LogP contribution in [0.2, 0.25) is 10.0 Å². The minimum absolute atomic E-state index is 0.0906. The summed E-state index contributed by atoms with van der Waals surface area (Å²) in [6.45, 7) is 0.395. The normalized spacial score (nSPS) is 22.3. The van der Waals surface area contributed by atoms with Gasteiger partial charge in [0.25, 0.3) is 0 Å². The number of benzene rings is 2. The van der Waals surface area contributed by atoms with Crippen molar-refractivity contribution in [3.8, 4) is 17.0 Å². The van der Waals surface area contributed by atoms with Gasteiger partial charge < -0.3 is 24.0 Å². The van der Waals surface area contributed by atoms with E-state index in [0.717, 1.165) is 59.7 Å². The summed E-state index contributed by atoms with van der Waals surface area (Å²) in [5.74, 6) is 0.760. The lowest BCUT2D eigenvalue weighted by atomic mass is 10.00. The van der Waals surface area contributed by atoms with Crippen molar-refractivity contribution in [1.29, 1.82) is 0 Å². The molecule has 3 aliphatic rings. The fourth-order valence-electron chi connectivity index (χ4n) is 6.20. The predicted octanol–water partition coefficient (Wildman–Crippen LogP) is 7.56. The van der Waals surface area contributed by atoms with Crippen molar-refractivity contribution in [3.05, 3.63) is 57.3 Å². The number of rotatable bonds is 8. The molecule has 11 heteroatoms. The second-order valence-electron chi connectivity index (χ2n) is 10.8. The molecular weight excluding hydrogens is 573 g/mol. The topological polar surface area (TPSA) is 97.9 Å². The molecule has 2 atom stereocenters. The van der Waals surface area contributed by atoms with Gasteiger partial charge in [-0.1, -0.05) is 45.8 Å². The van der Waals surface area contributed by atoms with E-state index in [1.807, 2.05) is 18.2 Å². The Labute approximate surface area is 244 Å². The van der Waals surface area contributed by atoms with E-state index in [4.69, 9.17) is 42.2 Å². The number of aromatic carboxylic acids is 1. The molecule has 7 rings (SSSR count). The molecule has 0 amide bonds. The minimum Gasteiger partial charge on any atom is -0.494 e. The van der Waals surface area contributed by atoms with Gasteiger partial charge in [0.2, 0.25) is 0 Å². The summed E-state index contributed by atoms with van der Waals surface area (Å²) in [6.07, 6.45) is 6.17. The van der Waals surface area contributed by atoms with Crippen molar-refractivity contribution in [2.75, 3.05) is 12.0 Å². The third-order valence-electron chi connectivity index (χ3n) is 8.26. The second-order valence-corrected chi connectivity index (χ2v) is 12.6. The van der Waals surface area contributed by atoms with Crippen LogP contribution in [-0.2, 0) is 11.3 Å². The van der Waals surface area contributed by atoms with Gasteiger partial charge in [-0.2, -0.15) is 0 Å². The van der Waals surface area contributed by atoms with Crippen LogP contribution in [0.5, 0.6) is 5.75 Å². The van der Waals surface area contributed by atoms with E-state index in [9.17, 15) is 9.90 Å². The third kappa shape index (κ3) is 4.53. The lowest BCUT2D eigenvalue weighted by molar-refractivity contribution is 0.0147. The Morgan fingerprint density at radius 2 is 1.88 bits per heavy atom. The molecule has 1 aliphatic carbocycles. The number of ether oxygens (including phenoxy) is 2. The van der Waals surface area contributed by atoms with E-state index >= 15 is 0 Å². The fraction of sp³-hybridized carbons (Fsp3) is 0.414. The van der Waals surface area contributed by atoms with E-state index in [1.165, 1.54) is 17.4 Å². The molecule has 0 unspecified atom stereocenters. The highest BCUT2D eigenvalue weighted by atomic mass is 35.5. The third-order valence-corrected chi connectivity index (χ3v) is 9.90. The van der Waals surface area contributed by atoms with Crippen LogP contribution in [0.4, 0.5) is 5.13 Å². The van der Waals surface area contributed by atoms with Crippen molar-refractivity contribution in [3.63, 3.8) is 0 Å². The summed E-state index contributed by atoms with van der Waals surface area (Å²) in [7, 11) is 1.54. The van der Waals surface area contributed by atoms with Crippen molar-refractivity contribution in [2.45, 2.75) is 69.2 Å². The van der Waals surface area contributed by atoms with Crippen LogP contribution < -0.4 is 9.64 Å². The number of nitrogens with zero attached hydrogens (tertiary/aromatic N) is 3. The summed E-state index contributed by atoms with van der Waals surface area (Å²) in [6, 6.07) is 9.27. The maximum atomic E-state index is 11.6. The molecule has 2 bridgehead atoms. The standard InChI is InChI=1S/C29H27Cl2N3O5S/c1-37-22-9-15(28(35)36)10-23-26(22)32-29(40-23)34-16-7-8-17(34)12-18(11-16)38-13-19-25(33-39-27(19)14-5-6-14)24-20(30)3-2-4-21(24)31/h2-4,9-10,14,16-18H,5-8,11-13H2,1H3,(H,35,36)/t16-,17-/m0/s1. The molecular formula is C29H27Cl2N3O5S. The highest BCUT2D eigenvalue weighted by Gasteiger charge is 2.43. The number of thiazole rings is 1. The largest absolute Gasteiger partial charge is 0.494 e. The summed E-state index contributed by atoms with van der Waals surface area (Å²) in [5, 5.41) is 15.9. The lowest BCUT2D eigenvalue weighted by Crippen LogP contribution is -2.45.